The van der Waals surface area contributed by atoms with Gasteiger partial charge in [-0.25, -0.2) is 4.98 Å². The van der Waals surface area contributed by atoms with E-state index in [1.54, 1.807) is 0 Å². The molecule has 0 amide bonds. The summed E-state index contributed by atoms with van der Waals surface area (Å²) >= 11 is 0. The molecule has 1 N–H and O–H groups in total. The van der Waals surface area contributed by atoms with Gasteiger partial charge in [0.1, 0.15) is 0 Å². The molecule has 2 aromatic rings. The molecule has 6 heteroatoms. The molecule has 0 bridgehead atoms. The van der Waals surface area contributed by atoms with Crippen molar-refractivity contribution in [3.63, 3.8) is 0 Å². The van der Waals surface area contributed by atoms with Gasteiger partial charge in [-0.1, -0.05) is 0 Å². The quantitative estimate of drug-likeness (QED) is 0.894. The van der Waals surface area contributed by atoms with E-state index in [0.717, 1.165) is 35.4 Å². The summed E-state index contributed by atoms with van der Waals surface area (Å²) in [5.41, 5.74) is 3.10. The molecule has 3 heterocycles. The highest BCUT2D eigenvalue weighted by Gasteiger charge is 2.13. The maximum Gasteiger partial charge on any atom is 0.157 e. The van der Waals surface area contributed by atoms with Gasteiger partial charge in [0.2, 0.25) is 0 Å². The van der Waals surface area contributed by atoms with E-state index in [-0.39, 0.29) is 6.10 Å². The Hall–Kier alpha value is -1.50. The number of nitrogens with zero attached hydrogens (tertiary/aromatic N) is 3. The minimum absolute atomic E-state index is 0.153. The highest BCUT2D eigenvalue weighted by molar-refractivity contribution is 5.78. The summed E-state index contributed by atoms with van der Waals surface area (Å²) in [6.07, 6.45) is 2.05. The molecule has 1 saturated heterocycles. The largest absolute Gasteiger partial charge is 0.376 e. The third kappa shape index (κ3) is 2.82. The molecule has 1 aliphatic heterocycles. The van der Waals surface area contributed by atoms with Gasteiger partial charge in [0.05, 0.1) is 31.6 Å². The smallest absolute Gasteiger partial charge is 0.157 e. The SMILES string of the molecule is Cc1nn(C)c2ncc(CNCC3COCCO3)cc12. The van der Waals surface area contributed by atoms with Crippen molar-refractivity contribution in [2.45, 2.75) is 19.6 Å². The number of hydrogen-bond donors (Lipinski definition) is 1. The van der Waals surface area contributed by atoms with E-state index in [4.69, 9.17) is 9.47 Å². The van der Waals surface area contributed by atoms with Crippen LogP contribution in [0.2, 0.25) is 0 Å². The Labute approximate surface area is 118 Å². The number of nitrogens with one attached hydrogen (secondary N) is 1. The molecule has 0 aliphatic carbocycles. The third-order valence-electron chi connectivity index (χ3n) is 3.51. The summed E-state index contributed by atoms with van der Waals surface area (Å²) in [6, 6.07) is 2.15. The first kappa shape index (κ1) is 13.5. The lowest BCUT2D eigenvalue weighted by molar-refractivity contribution is -0.0864. The van der Waals surface area contributed by atoms with Crippen molar-refractivity contribution in [1.29, 1.82) is 0 Å². The van der Waals surface area contributed by atoms with Crippen molar-refractivity contribution in [3.8, 4) is 0 Å². The normalized spacial score (nSPS) is 19.6. The molecule has 20 heavy (non-hydrogen) atoms. The fraction of sp³-hybridized carbons (Fsp3) is 0.571. The Morgan fingerprint density at radius 3 is 3.15 bits per heavy atom. The van der Waals surface area contributed by atoms with E-state index in [1.807, 2.05) is 24.9 Å². The van der Waals surface area contributed by atoms with Crippen molar-refractivity contribution < 1.29 is 9.47 Å². The lowest BCUT2D eigenvalue weighted by Gasteiger charge is -2.23. The van der Waals surface area contributed by atoms with Crippen molar-refractivity contribution >= 4 is 11.0 Å². The molecule has 0 radical (unpaired) electrons. The Balaban J connectivity index is 1.61. The van der Waals surface area contributed by atoms with Crippen LogP contribution < -0.4 is 5.32 Å². The van der Waals surface area contributed by atoms with Crippen LogP contribution in [0.1, 0.15) is 11.3 Å². The zero-order valence-electron chi connectivity index (χ0n) is 11.9. The van der Waals surface area contributed by atoms with E-state index >= 15 is 0 Å². The van der Waals surface area contributed by atoms with Gasteiger partial charge in [-0.2, -0.15) is 5.10 Å². The van der Waals surface area contributed by atoms with Crippen LogP contribution in [0.5, 0.6) is 0 Å². The van der Waals surface area contributed by atoms with E-state index < -0.39 is 0 Å². The van der Waals surface area contributed by atoms with Crippen LogP contribution in [-0.4, -0.2) is 47.2 Å². The number of fused-ring (bicyclic) bond motifs is 1. The first-order valence-electron chi connectivity index (χ1n) is 6.92. The molecule has 1 unspecified atom stereocenters. The summed E-state index contributed by atoms with van der Waals surface area (Å²) in [7, 11) is 1.92. The Bertz CT molecular complexity index is 590. The first-order valence-corrected chi connectivity index (χ1v) is 6.92. The molecule has 0 aromatic carbocycles. The first-order chi connectivity index (χ1) is 9.74. The van der Waals surface area contributed by atoms with Crippen molar-refractivity contribution in [2.24, 2.45) is 7.05 Å². The average molecular weight is 276 g/mol. The van der Waals surface area contributed by atoms with Gasteiger partial charge in [0, 0.05) is 31.7 Å². The Morgan fingerprint density at radius 2 is 2.35 bits per heavy atom. The molecule has 0 spiro atoms. The molecule has 3 rings (SSSR count). The van der Waals surface area contributed by atoms with Gasteiger partial charge >= 0.3 is 0 Å². The number of hydrogen-bond acceptors (Lipinski definition) is 5. The van der Waals surface area contributed by atoms with Crippen LogP contribution in [0.3, 0.4) is 0 Å². The number of rotatable bonds is 4. The minimum atomic E-state index is 0.153. The second kappa shape index (κ2) is 5.87. The van der Waals surface area contributed by atoms with Gasteiger partial charge < -0.3 is 14.8 Å². The average Bonchev–Trinajstić information content (AvgIpc) is 2.75. The Kier molecular flexibility index (Phi) is 3.95. The molecule has 1 aliphatic rings. The predicted molar refractivity (Wildman–Crippen MR) is 75.5 cm³/mol. The van der Waals surface area contributed by atoms with Gasteiger partial charge in [0.15, 0.2) is 5.65 Å². The van der Waals surface area contributed by atoms with Gasteiger partial charge in [-0.05, 0) is 18.6 Å². The number of aromatic nitrogens is 3. The zero-order valence-corrected chi connectivity index (χ0v) is 11.9. The van der Waals surface area contributed by atoms with Crippen LogP contribution in [0, 0.1) is 6.92 Å². The van der Waals surface area contributed by atoms with Crippen LogP contribution >= 0.6 is 0 Å². The second-order valence-electron chi connectivity index (χ2n) is 5.12. The summed E-state index contributed by atoms with van der Waals surface area (Å²) in [5, 5.41) is 8.89. The highest BCUT2D eigenvalue weighted by atomic mass is 16.6. The number of aryl methyl sites for hydroxylation is 2. The highest BCUT2D eigenvalue weighted by Crippen LogP contribution is 2.16. The maximum atomic E-state index is 5.59. The molecular weight excluding hydrogens is 256 g/mol. The van der Waals surface area contributed by atoms with Crippen molar-refractivity contribution in [3.05, 3.63) is 23.5 Å². The lowest BCUT2D eigenvalue weighted by atomic mass is 10.2. The summed E-state index contributed by atoms with van der Waals surface area (Å²) in [4.78, 5) is 4.47. The number of ether oxygens (including phenoxy) is 2. The minimum Gasteiger partial charge on any atom is -0.376 e. The zero-order chi connectivity index (χ0) is 13.9. The van der Waals surface area contributed by atoms with Crippen LogP contribution in [0.4, 0.5) is 0 Å². The summed E-state index contributed by atoms with van der Waals surface area (Å²) < 4.78 is 12.8. The topological polar surface area (TPSA) is 61.2 Å². The molecule has 6 nitrogen and oxygen atoms in total. The van der Waals surface area contributed by atoms with Crippen molar-refractivity contribution in [1.82, 2.24) is 20.1 Å². The summed E-state index contributed by atoms with van der Waals surface area (Å²) in [6.45, 7) is 5.65. The van der Waals surface area contributed by atoms with E-state index in [9.17, 15) is 0 Å². The molecule has 108 valence electrons. The third-order valence-corrected chi connectivity index (χ3v) is 3.51. The second-order valence-corrected chi connectivity index (χ2v) is 5.12. The van der Waals surface area contributed by atoms with Gasteiger partial charge in [-0.15, -0.1) is 0 Å². The number of pyridine rings is 1. The van der Waals surface area contributed by atoms with E-state index in [2.05, 4.69) is 21.5 Å². The predicted octanol–water partition coefficient (Wildman–Crippen LogP) is 0.782. The molecule has 1 atom stereocenters. The molecule has 2 aromatic heterocycles. The van der Waals surface area contributed by atoms with E-state index in [1.165, 1.54) is 0 Å². The molecule has 0 saturated carbocycles. The molecular formula is C14H20N4O2. The van der Waals surface area contributed by atoms with Crippen LogP contribution in [0.25, 0.3) is 11.0 Å². The van der Waals surface area contributed by atoms with Crippen molar-refractivity contribution in [2.75, 3.05) is 26.4 Å². The fourth-order valence-electron chi connectivity index (χ4n) is 2.48. The van der Waals surface area contributed by atoms with Crippen LogP contribution in [-0.2, 0) is 23.1 Å². The fourth-order valence-corrected chi connectivity index (χ4v) is 2.48. The van der Waals surface area contributed by atoms with E-state index in [0.29, 0.717) is 19.8 Å². The lowest BCUT2D eigenvalue weighted by Crippen LogP contribution is -2.37. The van der Waals surface area contributed by atoms with Gasteiger partial charge in [-0.3, -0.25) is 4.68 Å². The maximum absolute atomic E-state index is 5.59. The molecule has 1 fully saturated rings. The monoisotopic (exact) mass is 276 g/mol. The Morgan fingerprint density at radius 1 is 1.45 bits per heavy atom. The van der Waals surface area contributed by atoms with Crippen LogP contribution in [0.15, 0.2) is 12.3 Å². The van der Waals surface area contributed by atoms with Gasteiger partial charge in [0.25, 0.3) is 0 Å². The standard InChI is InChI=1S/C14H20N4O2/c1-10-13-5-11(7-16-14(13)18(2)17-10)6-15-8-12-9-19-3-4-20-12/h5,7,12,15H,3-4,6,8-9H2,1-2H3. The summed E-state index contributed by atoms with van der Waals surface area (Å²) in [5.74, 6) is 0.